The van der Waals surface area contributed by atoms with Crippen molar-refractivity contribution in [1.29, 1.82) is 0 Å². The molecule has 1 saturated carbocycles. The molecule has 1 aliphatic rings. The van der Waals surface area contributed by atoms with Crippen LogP contribution in [0.5, 0.6) is 0 Å². The second kappa shape index (κ2) is 4.18. The third-order valence-electron chi connectivity index (χ3n) is 2.30. The minimum atomic E-state index is -5.14. The topological polar surface area (TPSA) is 69.4 Å². The molecular formula is C8H10F3NO3. The molecule has 4 nitrogen and oxygen atoms in total. The second-order valence-corrected chi connectivity index (χ2v) is 3.41. The summed E-state index contributed by atoms with van der Waals surface area (Å²) in [6, 6.07) is -0.515. The predicted molar refractivity (Wildman–Crippen MR) is 42.5 cm³/mol. The molecule has 2 atom stereocenters. The van der Waals surface area contributed by atoms with Crippen LogP contribution in [0, 0.1) is 5.92 Å². The van der Waals surface area contributed by atoms with Crippen LogP contribution in [-0.4, -0.2) is 24.2 Å². The predicted octanol–water partition coefficient (Wildman–Crippen LogP) is 0.746. The van der Waals surface area contributed by atoms with Crippen molar-refractivity contribution < 1.29 is 27.5 Å². The van der Waals surface area contributed by atoms with Crippen LogP contribution in [0.2, 0.25) is 0 Å². The lowest BCUT2D eigenvalue weighted by molar-refractivity contribution is -0.203. The van der Waals surface area contributed by atoms with E-state index < -0.39 is 30.1 Å². The normalized spacial score (nSPS) is 26.4. The number of nitrogens with two attached hydrogens (primary N) is 1. The van der Waals surface area contributed by atoms with E-state index in [1.165, 1.54) is 0 Å². The lowest BCUT2D eigenvalue weighted by Gasteiger charge is -2.13. The smallest absolute Gasteiger partial charge is 0.386 e. The summed E-state index contributed by atoms with van der Waals surface area (Å²) in [5.41, 5.74) is 5.47. The van der Waals surface area contributed by atoms with E-state index in [2.05, 4.69) is 4.74 Å². The van der Waals surface area contributed by atoms with Crippen LogP contribution in [0.3, 0.4) is 0 Å². The lowest BCUT2D eigenvalue weighted by Crippen LogP contribution is -2.36. The van der Waals surface area contributed by atoms with E-state index in [1.807, 2.05) is 0 Å². The summed E-state index contributed by atoms with van der Waals surface area (Å²) in [5.74, 6) is -4.45. The van der Waals surface area contributed by atoms with Crippen molar-refractivity contribution >= 4 is 11.9 Å². The molecule has 0 bridgehead atoms. The van der Waals surface area contributed by atoms with Crippen molar-refractivity contribution in [3.63, 3.8) is 0 Å². The van der Waals surface area contributed by atoms with Gasteiger partial charge in [0.15, 0.2) is 0 Å². The number of halogens is 3. The third-order valence-corrected chi connectivity index (χ3v) is 2.30. The molecule has 15 heavy (non-hydrogen) atoms. The van der Waals surface area contributed by atoms with Gasteiger partial charge in [-0.15, -0.1) is 0 Å². The Hall–Kier alpha value is -1.11. The molecule has 0 radical (unpaired) electrons. The van der Waals surface area contributed by atoms with E-state index in [0.29, 0.717) is 19.3 Å². The summed E-state index contributed by atoms with van der Waals surface area (Å²) in [5, 5.41) is 0. The van der Waals surface area contributed by atoms with Gasteiger partial charge in [0.25, 0.3) is 0 Å². The molecule has 1 rings (SSSR count). The number of hydrogen-bond acceptors (Lipinski definition) is 4. The van der Waals surface area contributed by atoms with Crippen LogP contribution < -0.4 is 5.73 Å². The Kier molecular flexibility index (Phi) is 3.33. The summed E-state index contributed by atoms with van der Waals surface area (Å²) >= 11 is 0. The Morgan fingerprint density at radius 2 is 1.87 bits per heavy atom. The van der Waals surface area contributed by atoms with Gasteiger partial charge in [0.1, 0.15) is 0 Å². The number of carbonyl (C=O) groups excluding carboxylic acids is 2. The maximum atomic E-state index is 11.7. The average Bonchev–Trinajstić information content (AvgIpc) is 2.49. The number of carbonyl (C=O) groups is 2. The van der Waals surface area contributed by atoms with Gasteiger partial charge in [0.2, 0.25) is 0 Å². The Balaban J connectivity index is 2.52. The van der Waals surface area contributed by atoms with Crippen molar-refractivity contribution in [3.05, 3.63) is 0 Å². The molecule has 0 amide bonds. The van der Waals surface area contributed by atoms with Gasteiger partial charge in [-0.2, -0.15) is 13.2 Å². The number of esters is 2. The first kappa shape index (κ1) is 12.0. The van der Waals surface area contributed by atoms with Gasteiger partial charge < -0.3 is 10.5 Å². The van der Waals surface area contributed by atoms with Crippen LogP contribution in [0.15, 0.2) is 0 Å². The molecule has 0 aromatic rings. The lowest BCUT2D eigenvalue weighted by atomic mass is 10.1. The molecule has 0 spiro atoms. The molecular weight excluding hydrogens is 215 g/mol. The van der Waals surface area contributed by atoms with Crippen LogP contribution in [-0.2, 0) is 14.3 Å². The van der Waals surface area contributed by atoms with Crippen LogP contribution >= 0.6 is 0 Å². The van der Waals surface area contributed by atoms with Gasteiger partial charge in [-0.1, -0.05) is 6.42 Å². The fraction of sp³-hybridized carbons (Fsp3) is 0.750. The van der Waals surface area contributed by atoms with E-state index in [4.69, 9.17) is 5.73 Å². The molecule has 0 heterocycles. The van der Waals surface area contributed by atoms with E-state index >= 15 is 0 Å². The van der Waals surface area contributed by atoms with Crippen molar-refractivity contribution in [3.8, 4) is 0 Å². The fourth-order valence-electron chi connectivity index (χ4n) is 1.51. The molecule has 86 valence electrons. The van der Waals surface area contributed by atoms with Crippen LogP contribution in [0.1, 0.15) is 19.3 Å². The number of ether oxygens (including phenoxy) is 1. The largest absolute Gasteiger partial charge is 0.491 e. The van der Waals surface area contributed by atoms with Crippen molar-refractivity contribution in [2.75, 3.05) is 0 Å². The standard InChI is InChI=1S/C8H10F3NO3/c9-8(10,11)7(14)15-6(13)4-2-1-3-5(4)12/h4-5H,1-3,12H2/t4-,5+/m0/s1. The number of rotatable bonds is 1. The fourth-order valence-corrected chi connectivity index (χ4v) is 1.51. The van der Waals surface area contributed by atoms with Gasteiger partial charge in [0.05, 0.1) is 5.92 Å². The SMILES string of the molecule is N[C@@H]1CCC[C@@H]1C(=O)OC(=O)C(F)(F)F. The molecule has 0 unspecified atom stereocenters. The van der Waals surface area contributed by atoms with Gasteiger partial charge in [-0.3, -0.25) is 4.79 Å². The molecule has 1 aliphatic carbocycles. The quantitative estimate of drug-likeness (QED) is 0.528. The Morgan fingerprint density at radius 3 is 2.27 bits per heavy atom. The highest BCUT2D eigenvalue weighted by molar-refractivity contribution is 5.89. The van der Waals surface area contributed by atoms with E-state index in [9.17, 15) is 22.8 Å². The Morgan fingerprint density at radius 1 is 1.27 bits per heavy atom. The van der Waals surface area contributed by atoms with Crippen molar-refractivity contribution in [2.45, 2.75) is 31.5 Å². The highest BCUT2D eigenvalue weighted by atomic mass is 19.4. The summed E-state index contributed by atoms with van der Waals surface area (Å²) in [4.78, 5) is 21.4. The zero-order valence-corrected chi connectivity index (χ0v) is 7.71. The minimum Gasteiger partial charge on any atom is -0.386 e. The van der Waals surface area contributed by atoms with E-state index in [-0.39, 0.29) is 0 Å². The van der Waals surface area contributed by atoms with E-state index in [1.54, 1.807) is 0 Å². The Bertz CT molecular complexity index is 277. The summed E-state index contributed by atoms with van der Waals surface area (Å²) < 4.78 is 38.9. The van der Waals surface area contributed by atoms with Gasteiger partial charge in [0, 0.05) is 6.04 Å². The van der Waals surface area contributed by atoms with Gasteiger partial charge >= 0.3 is 18.1 Å². The molecule has 0 aromatic heterocycles. The molecule has 0 aromatic carbocycles. The monoisotopic (exact) mass is 225 g/mol. The van der Waals surface area contributed by atoms with Crippen LogP contribution in [0.4, 0.5) is 13.2 Å². The molecule has 0 saturated heterocycles. The van der Waals surface area contributed by atoms with Gasteiger partial charge in [-0.25, -0.2) is 4.79 Å². The first-order chi connectivity index (χ1) is 6.82. The first-order valence-electron chi connectivity index (χ1n) is 4.41. The van der Waals surface area contributed by atoms with Crippen molar-refractivity contribution in [1.82, 2.24) is 0 Å². The third kappa shape index (κ3) is 2.92. The van der Waals surface area contributed by atoms with E-state index in [0.717, 1.165) is 0 Å². The highest BCUT2D eigenvalue weighted by Gasteiger charge is 2.44. The maximum Gasteiger partial charge on any atom is 0.491 e. The zero-order chi connectivity index (χ0) is 11.6. The second-order valence-electron chi connectivity index (χ2n) is 3.41. The molecule has 2 N–H and O–H groups in total. The summed E-state index contributed by atoms with van der Waals surface area (Å²) in [7, 11) is 0. The minimum absolute atomic E-state index is 0.366. The number of alkyl halides is 3. The highest BCUT2D eigenvalue weighted by Crippen LogP contribution is 2.26. The maximum absolute atomic E-state index is 11.7. The average molecular weight is 225 g/mol. The first-order valence-corrected chi connectivity index (χ1v) is 4.41. The van der Waals surface area contributed by atoms with Crippen LogP contribution in [0.25, 0.3) is 0 Å². The molecule has 7 heteroatoms. The summed E-state index contributed by atoms with van der Waals surface area (Å²) in [6.45, 7) is 0. The number of hydrogen-bond donors (Lipinski definition) is 1. The zero-order valence-electron chi connectivity index (χ0n) is 7.71. The Labute approximate surface area is 83.6 Å². The van der Waals surface area contributed by atoms with Crippen molar-refractivity contribution in [2.24, 2.45) is 11.7 Å². The summed E-state index contributed by atoms with van der Waals surface area (Å²) in [6.07, 6.45) is -3.56. The molecule has 0 aliphatic heterocycles. The van der Waals surface area contributed by atoms with Gasteiger partial charge in [-0.05, 0) is 12.8 Å². The molecule has 1 fully saturated rings.